The summed E-state index contributed by atoms with van der Waals surface area (Å²) < 4.78 is 11.2. The van der Waals surface area contributed by atoms with Crippen LogP contribution in [0.3, 0.4) is 0 Å². The Morgan fingerprint density at radius 1 is 0.941 bits per heavy atom. The summed E-state index contributed by atoms with van der Waals surface area (Å²) in [5, 5.41) is 0. The first-order chi connectivity index (χ1) is 16.7. The molecular weight excluding hydrogens is 424 g/mol. The second-order valence-corrected chi connectivity index (χ2v) is 9.69. The van der Waals surface area contributed by atoms with E-state index in [0.717, 1.165) is 51.3 Å². The minimum atomic E-state index is 0.0515. The molecule has 0 saturated carbocycles. The Bertz CT molecular complexity index is 1030. The van der Waals surface area contributed by atoms with E-state index in [9.17, 15) is 4.79 Å². The lowest BCUT2D eigenvalue weighted by Gasteiger charge is -2.32. The Labute approximate surface area is 202 Å². The van der Waals surface area contributed by atoms with E-state index in [2.05, 4.69) is 59.5 Å². The molecule has 2 aliphatic heterocycles. The van der Waals surface area contributed by atoms with Gasteiger partial charge in [-0.2, -0.15) is 0 Å². The maximum Gasteiger partial charge on any atom is 0.257 e. The third kappa shape index (κ3) is 5.71. The highest BCUT2D eigenvalue weighted by atomic mass is 16.5. The standard InChI is InChI=1S/C29H34N2O3/c32-29(27-14-18-33-22-27)31-15-4-5-24(20-31)21-34-28-10-8-23(9-11-28)19-30-16-12-26(13-17-30)25-6-2-1-3-7-25/h1-3,6-11,14,18,22,24,26H,4-5,12-13,15-17,19-21H2/t24-/m1/s1. The summed E-state index contributed by atoms with van der Waals surface area (Å²) in [7, 11) is 0. The van der Waals surface area contributed by atoms with Gasteiger partial charge in [-0.1, -0.05) is 42.5 Å². The highest BCUT2D eigenvalue weighted by molar-refractivity contribution is 5.93. The van der Waals surface area contributed by atoms with Crippen LogP contribution in [0.4, 0.5) is 0 Å². The van der Waals surface area contributed by atoms with Crippen LogP contribution < -0.4 is 4.74 Å². The Morgan fingerprint density at radius 3 is 2.47 bits per heavy atom. The van der Waals surface area contributed by atoms with Crippen LogP contribution >= 0.6 is 0 Å². The largest absolute Gasteiger partial charge is 0.493 e. The number of amides is 1. The van der Waals surface area contributed by atoms with Gasteiger partial charge < -0.3 is 14.1 Å². The van der Waals surface area contributed by atoms with Crippen LogP contribution in [-0.2, 0) is 6.54 Å². The van der Waals surface area contributed by atoms with Gasteiger partial charge in [0.2, 0.25) is 0 Å². The van der Waals surface area contributed by atoms with Crippen LogP contribution in [0.5, 0.6) is 5.75 Å². The number of ether oxygens (including phenoxy) is 1. The first-order valence-corrected chi connectivity index (χ1v) is 12.5. The molecule has 5 heteroatoms. The quantitative estimate of drug-likeness (QED) is 0.463. The van der Waals surface area contributed by atoms with Crippen molar-refractivity contribution in [3.63, 3.8) is 0 Å². The van der Waals surface area contributed by atoms with E-state index in [1.54, 1.807) is 12.3 Å². The van der Waals surface area contributed by atoms with Gasteiger partial charge in [-0.3, -0.25) is 9.69 Å². The van der Waals surface area contributed by atoms with E-state index in [1.165, 1.54) is 30.2 Å². The second-order valence-electron chi connectivity index (χ2n) is 9.69. The first kappa shape index (κ1) is 22.7. The minimum absolute atomic E-state index is 0.0515. The van der Waals surface area contributed by atoms with E-state index in [4.69, 9.17) is 9.15 Å². The lowest BCUT2D eigenvalue weighted by atomic mass is 9.89. The van der Waals surface area contributed by atoms with Crippen molar-refractivity contribution in [1.82, 2.24) is 9.80 Å². The zero-order chi connectivity index (χ0) is 23.2. The molecule has 0 spiro atoms. The van der Waals surface area contributed by atoms with Crippen molar-refractivity contribution >= 4 is 5.91 Å². The number of hydrogen-bond donors (Lipinski definition) is 0. The minimum Gasteiger partial charge on any atom is -0.493 e. The second kappa shape index (κ2) is 10.9. The fourth-order valence-electron chi connectivity index (χ4n) is 5.27. The van der Waals surface area contributed by atoms with Crippen LogP contribution in [-0.4, -0.2) is 48.5 Å². The number of hydrogen-bond acceptors (Lipinski definition) is 4. The van der Waals surface area contributed by atoms with Crippen molar-refractivity contribution in [2.75, 3.05) is 32.8 Å². The van der Waals surface area contributed by atoms with Crippen LogP contribution in [0.2, 0.25) is 0 Å². The van der Waals surface area contributed by atoms with Crippen LogP contribution in [0.1, 0.15) is 53.1 Å². The number of nitrogens with zero attached hydrogens (tertiary/aromatic N) is 2. The van der Waals surface area contributed by atoms with Gasteiger partial charge in [-0.25, -0.2) is 0 Å². The first-order valence-electron chi connectivity index (χ1n) is 12.5. The summed E-state index contributed by atoms with van der Waals surface area (Å²) in [6.07, 6.45) is 7.63. The fraction of sp³-hybridized carbons (Fsp3) is 0.414. The SMILES string of the molecule is O=C(c1ccoc1)N1CCC[C@@H](COc2ccc(CN3CCC(c4ccccc4)CC3)cc2)C1. The van der Waals surface area contributed by atoms with Crippen LogP contribution in [0, 0.1) is 5.92 Å². The van der Waals surface area contributed by atoms with Crippen LogP contribution in [0.15, 0.2) is 77.6 Å². The molecule has 3 aromatic rings. The highest BCUT2D eigenvalue weighted by Gasteiger charge is 2.25. The summed E-state index contributed by atoms with van der Waals surface area (Å²) in [6.45, 7) is 5.47. The van der Waals surface area contributed by atoms with Crippen molar-refractivity contribution in [3.8, 4) is 5.75 Å². The van der Waals surface area contributed by atoms with Crippen molar-refractivity contribution < 1.29 is 13.9 Å². The Balaban J connectivity index is 1.06. The normalized spacial score (nSPS) is 19.8. The van der Waals surface area contributed by atoms with Crippen molar-refractivity contribution in [3.05, 3.63) is 89.9 Å². The molecule has 0 aliphatic carbocycles. The van der Waals surface area contributed by atoms with Crippen molar-refractivity contribution in [1.29, 1.82) is 0 Å². The summed E-state index contributed by atoms with van der Waals surface area (Å²) >= 11 is 0. The monoisotopic (exact) mass is 458 g/mol. The molecule has 0 N–H and O–H groups in total. The van der Waals surface area contributed by atoms with Gasteiger partial charge >= 0.3 is 0 Å². The van der Waals surface area contributed by atoms with Gasteiger partial charge in [0.05, 0.1) is 18.4 Å². The number of benzene rings is 2. The molecule has 1 atom stereocenters. The molecule has 34 heavy (non-hydrogen) atoms. The average molecular weight is 459 g/mol. The predicted molar refractivity (Wildman–Crippen MR) is 133 cm³/mol. The molecule has 3 heterocycles. The molecule has 0 unspecified atom stereocenters. The molecule has 1 amide bonds. The maximum absolute atomic E-state index is 12.6. The number of likely N-dealkylation sites (tertiary alicyclic amines) is 2. The lowest BCUT2D eigenvalue weighted by Crippen LogP contribution is -2.41. The van der Waals surface area contributed by atoms with E-state index in [1.807, 2.05) is 4.90 Å². The molecule has 1 aromatic heterocycles. The smallest absolute Gasteiger partial charge is 0.257 e. The molecule has 178 valence electrons. The van der Waals surface area contributed by atoms with Gasteiger partial charge in [0.15, 0.2) is 0 Å². The molecule has 0 bridgehead atoms. The Kier molecular flexibility index (Phi) is 7.30. The van der Waals surface area contributed by atoms with E-state index in [-0.39, 0.29) is 5.91 Å². The molecule has 2 saturated heterocycles. The zero-order valence-electron chi connectivity index (χ0n) is 19.8. The zero-order valence-corrected chi connectivity index (χ0v) is 19.8. The third-order valence-electron chi connectivity index (χ3n) is 7.25. The van der Waals surface area contributed by atoms with Gasteiger partial charge in [-0.15, -0.1) is 0 Å². The molecule has 5 nitrogen and oxygen atoms in total. The molecule has 0 radical (unpaired) electrons. The Morgan fingerprint density at radius 2 is 1.74 bits per heavy atom. The number of carbonyl (C=O) groups is 1. The molecule has 2 fully saturated rings. The van der Waals surface area contributed by atoms with E-state index < -0.39 is 0 Å². The summed E-state index contributed by atoms with van der Waals surface area (Å²) in [5.41, 5.74) is 3.44. The average Bonchev–Trinajstić information content (AvgIpc) is 3.44. The molecule has 2 aromatic carbocycles. The molecular formula is C29H34N2O3. The number of piperidine rings is 2. The lowest BCUT2D eigenvalue weighted by molar-refractivity contribution is 0.0632. The fourth-order valence-corrected chi connectivity index (χ4v) is 5.27. The van der Waals surface area contributed by atoms with Gasteiger partial charge in [0.25, 0.3) is 5.91 Å². The third-order valence-corrected chi connectivity index (χ3v) is 7.25. The van der Waals surface area contributed by atoms with E-state index >= 15 is 0 Å². The van der Waals surface area contributed by atoms with E-state index in [0.29, 0.717) is 24.0 Å². The van der Waals surface area contributed by atoms with Crippen LogP contribution in [0.25, 0.3) is 0 Å². The number of carbonyl (C=O) groups excluding carboxylic acids is 1. The summed E-state index contributed by atoms with van der Waals surface area (Å²) in [5.74, 6) is 2.01. The van der Waals surface area contributed by atoms with Gasteiger partial charge in [0.1, 0.15) is 12.0 Å². The topological polar surface area (TPSA) is 45.9 Å². The molecule has 2 aliphatic rings. The Hall–Kier alpha value is -3.05. The van der Waals surface area contributed by atoms with Gasteiger partial charge in [0, 0.05) is 25.6 Å². The summed E-state index contributed by atoms with van der Waals surface area (Å²) in [6, 6.07) is 21.2. The highest BCUT2D eigenvalue weighted by Crippen LogP contribution is 2.28. The van der Waals surface area contributed by atoms with Gasteiger partial charge in [-0.05, 0) is 74.0 Å². The number of furan rings is 1. The maximum atomic E-state index is 12.6. The van der Waals surface area contributed by atoms with Crippen molar-refractivity contribution in [2.45, 2.75) is 38.1 Å². The van der Waals surface area contributed by atoms with Crippen molar-refractivity contribution in [2.24, 2.45) is 5.92 Å². The molecule has 5 rings (SSSR count). The number of rotatable bonds is 7. The predicted octanol–water partition coefficient (Wildman–Crippen LogP) is 5.59. The summed E-state index contributed by atoms with van der Waals surface area (Å²) in [4.78, 5) is 17.1.